The molecule has 2 aromatic heterocycles. The average molecular weight is 362 g/mol. The molecule has 2 aromatic carbocycles. The van der Waals surface area contributed by atoms with Crippen molar-refractivity contribution in [3.63, 3.8) is 0 Å². The van der Waals surface area contributed by atoms with E-state index in [-0.39, 0.29) is 5.97 Å². The van der Waals surface area contributed by atoms with Crippen LogP contribution in [0.3, 0.4) is 0 Å². The van der Waals surface area contributed by atoms with Crippen LogP contribution in [0.15, 0.2) is 47.5 Å². The molecular formula is C21H22N4O2. The third-order valence-corrected chi connectivity index (χ3v) is 4.92. The van der Waals surface area contributed by atoms with Gasteiger partial charge in [-0.3, -0.25) is 4.99 Å². The summed E-state index contributed by atoms with van der Waals surface area (Å²) in [5.41, 5.74) is 9.20. The molecule has 0 spiro atoms. The summed E-state index contributed by atoms with van der Waals surface area (Å²) in [4.78, 5) is 20.4. The molecule has 4 aromatic rings. The monoisotopic (exact) mass is 362 g/mol. The average Bonchev–Trinajstić information content (AvgIpc) is 3.09. The zero-order valence-electron chi connectivity index (χ0n) is 15.5. The normalized spacial score (nSPS) is 12.3. The van der Waals surface area contributed by atoms with Crippen molar-refractivity contribution in [3.8, 4) is 0 Å². The summed E-state index contributed by atoms with van der Waals surface area (Å²) >= 11 is 0. The standard InChI is InChI=1S/C21H22N4O2/c1-25-17-7-4-3-6-14(17)19(23-11-5-10-22)18-15-12-13(21(26)27-2)8-9-16(15)24-20(18)25/h3-4,6-9,12,24H,5,10-11,22H2,1-2H3. The first-order chi connectivity index (χ1) is 13.2. The van der Waals surface area contributed by atoms with E-state index in [0.29, 0.717) is 18.7 Å². The molecule has 0 saturated carbocycles. The molecule has 0 radical (unpaired) electrons. The number of H-pyrrole nitrogens is 1. The van der Waals surface area contributed by atoms with E-state index in [9.17, 15) is 4.79 Å². The summed E-state index contributed by atoms with van der Waals surface area (Å²) in [6.07, 6.45) is 0.826. The van der Waals surface area contributed by atoms with Crippen molar-refractivity contribution in [3.05, 3.63) is 53.4 Å². The van der Waals surface area contributed by atoms with Gasteiger partial charge in [0, 0.05) is 29.9 Å². The molecule has 3 N–H and O–H groups in total. The summed E-state index contributed by atoms with van der Waals surface area (Å²) in [7, 11) is 3.42. The van der Waals surface area contributed by atoms with Crippen molar-refractivity contribution in [2.24, 2.45) is 17.8 Å². The minimum absolute atomic E-state index is 0.349. The zero-order valence-corrected chi connectivity index (χ0v) is 15.5. The maximum absolute atomic E-state index is 12.0. The fraction of sp³-hybridized carbons (Fsp3) is 0.238. The molecule has 138 valence electrons. The highest BCUT2D eigenvalue weighted by Crippen LogP contribution is 2.27. The number of aromatic amines is 1. The second-order valence-electron chi connectivity index (χ2n) is 6.55. The number of esters is 1. The van der Waals surface area contributed by atoms with Crippen LogP contribution < -0.4 is 11.1 Å². The van der Waals surface area contributed by atoms with Crippen molar-refractivity contribution in [1.29, 1.82) is 0 Å². The molecule has 0 bridgehead atoms. The molecule has 0 aliphatic carbocycles. The van der Waals surface area contributed by atoms with Crippen LogP contribution in [0.5, 0.6) is 0 Å². The molecule has 0 unspecified atom stereocenters. The van der Waals surface area contributed by atoms with Crippen LogP contribution in [0.1, 0.15) is 16.8 Å². The Morgan fingerprint density at radius 3 is 2.81 bits per heavy atom. The number of nitrogens with one attached hydrogen (secondary N) is 1. The van der Waals surface area contributed by atoms with Crippen LogP contribution >= 0.6 is 0 Å². The van der Waals surface area contributed by atoms with Crippen LogP contribution in [0.4, 0.5) is 0 Å². The molecule has 6 nitrogen and oxygen atoms in total. The van der Waals surface area contributed by atoms with E-state index in [2.05, 4.69) is 21.7 Å². The molecule has 0 aliphatic rings. The number of carbonyl (C=O) groups is 1. The van der Waals surface area contributed by atoms with Crippen LogP contribution in [-0.2, 0) is 11.8 Å². The van der Waals surface area contributed by atoms with E-state index in [0.717, 1.165) is 44.6 Å². The van der Waals surface area contributed by atoms with Crippen molar-refractivity contribution in [2.75, 3.05) is 20.2 Å². The highest BCUT2D eigenvalue weighted by atomic mass is 16.5. The molecule has 0 atom stereocenters. The number of hydrogen-bond acceptors (Lipinski definition) is 4. The number of fused-ring (bicyclic) bond motifs is 4. The lowest BCUT2D eigenvalue weighted by Crippen LogP contribution is -2.12. The minimum Gasteiger partial charge on any atom is -0.465 e. The van der Waals surface area contributed by atoms with Gasteiger partial charge in [0.1, 0.15) is 5.65 Å². The van der Waals surface area contributed by atoms with Gasteiger partial charge in [0.05, 0.1) is 28.9 Å². The quantitative estimate of drug-likeness (QED) is 0.432. The number of benzene rings is 2. The molecule has 0 fully saturated rings. The van der Waals surface area contributed by atoms with Gasteiger partial charge in [0.25, 0.3) is 0 Å². The molecule has 27 heavy (non-hydrogen) atoms. The Kier molecular flexibility index (Phi) is 4.41. The SMILES string of the molecule is COC(=O)c1ccc2[nH]c3c(c(=NCCCN)c4ccccc4n3C)c2c1. The Morgan fingerprint density at radius 2 is 2.04 bits per heavy atom. The van der Waals surface area contributed by atoms with Crippen molar-refractivity contribution in [1.82, 2.24) is 9.55 Å². The molecule has 0 amide bonds. The Bertz CT molecular complexity index is 1230. The van der Waals surface area contributed by atoms with Gasteiger partial charge in [-0.2, -0.15) is 0 Å². The van der Waals surface area contributed by atoms with Gasteiger partial charge in [-0.1, -0.05) is 18.2 Å². The zero-order chi connectivity index (χ0) is 19.0. The number of pyridine rings is 1. The number of aromatic nitrogens is 2. The van der Waals surface area contributed by atoms with Gasteiger partial charge in [0.15, 0.2) is 0 Å². The van der Waals surface area contributed by atoms with Crippen molar-refractivity contribution in [2.45, 2.75) is 6.42 Å². The highest BCUT2D eigenvalue weighted by Gasteiger charge is 2.15. The second kappa shape index (κ2) is 6.89. The van der Waals surface area contributed by atoms with Crippen LogP contribution in [0.25, 0.3) is 32.8 Å². The third kappa shape index (κ3) is 2.78. The van der Waals surface area contributed by atoms with Crippen LogP contribution in [0.2, 0.25) is 0 Å². The lowest BCUT2D eigenvalue weighted by Gasteiger charge is -2.09. The van der Waals surface area contributed by atoms with E-state index in [1.54, 1.807) is 6.07 Å². The van der Waals surface area contributed by atoms with Crippen LogP contribution in [0, 0.1) is 0 Å². The van der Waals surface area contributed by atoms with Gasteiger partial charge < -0.3 is 20.0 Å². The van der Waals surface area contributed by atoms with Gasteiger partial charge in [-0.25, -0.2) is 4.79 Å². The van der Waals surface area contributed by atoms with E-state index >= 15 is 0 Å². The largest absolute Gasteiger partial charge is 0.465 e. The number of rotatable bonds is 4. The minimum atomic E-state index is -0.349. The Labute approximate surface area is 156 Å². The predicted octanol–water partition coefficient (Wildman–Crippen LogP) is 2.85. The summed E-state index contributed by atoms with van der Waals surface area (Å²) in [6, 6.07) is 13.8. The van der Waals surface area contributed by atoms with Crippen molar-refractivity contribution >= 4 is 38.8 Å². The summed E-state index contributed by atoms with van der Waals surface area (Å²) < 4.78 is 7.02. The molecule has 6 heteroatoms. The first-order valence-corrected chi connectivity index (χ1v) is 8.97. The highest BCUT2D eigenvalue weighted by molar-refractivity contribution is 6.11. The Balaban J connectivity index is 2.17. The number of nitrogens with zero attached hydrogens (tertiary/aromatic N) is 2. The first kappa shape index (κ1) is 17.3. The van der Waals surface area contributed by atoms with Crippen molar-refractivity contribution < 1.29 is 9.53 Å². The smallest absolute Gasteiger partial charge is 0.337 e. The number of carbonyl (C=O) groups excluding carboxylic acids is 1. The van der Waals surface area contributed by atoms with Crippen LogP contribution in [-0.4, -0.2) is 35.7 Å². The van der Waals surface area contributed by atoms with E-state index in [4.69, 9.17) is 15.5 Å². The third-order valence-electron chi connectivity index (χ3n) is 4.92. The fourth-order valence-electron chi connectivity index (χ4n) is 3.58. The molecule has 0 saturated heterocycles. The summed E-state index contributed by atoms with van der Waals surface area (Å²) in [5, 5.41) is 3.98. The maximum Gasteiger partial charge on any atom is 0.337 e. The molecule has 2 heterocycles. The van der Waals surface area contributed by atoms with E-state index in [1.165, 1.54) is 7.11 Å². The lowest BCUT2D eigenvalue weighted by atomic mass is 10.1. The Morgan fingerprint density at radius 1 is 1.22 bits per heavy atom. The number of nitrogens with two attached hydrogens (primary N) is 1. The second-order valence-corrected chi connectivity index (χ2v) is 6.55. The number of aryl methyl sites for hydroxylation is 1. The number of methoxy groups -OCH3 is 1. The Hall–Kier alpha value is -3.12. The van der Waals surface area contributed by atoms with E-state index < -0.39 is 0 Å². The first-order valence-electron chi connectivity index (χ1n) is 8.97. The summed E-state index contributed by atoms with van der Waals surface area (Å²) in [6.45, 7) is 1.26. The maximum atomic E-state index is 12.0. The molecular weight excluding hydrogens is 340 g/mol. The molecule has 0 aliphatic heterocycles. The van der Waals surface area contributed by atoms with Gasteiger partial charge in [0.2, 0.25) is 0 Å². The van der Waals surface area contributed by atoms with Gasteiger partial charge in [-0.05, 0) is 37.2 Å². The van der Waals surface area contributed by atoms with E-state index in [1.807, 2.05) is 31.3 Å². The van der Waals surface area contributed by atoms with Gasteiger partial charge >= 0.3 is 5.97 Å². The summed E-state index contributed by atoms with van der Waals surface area (Å²) in [5.74, 6) is -0.349. The van der Waals surface area contributed by atoms with Gasteiger partial charge in [-0.15, -0.1) is 0 Å². The number of hydrogen-bond donors (Lipinski definition) is 2. The fourth-order valence-corrected chi connectivity index (χ4v) is 3.58. The predicted molar refractivity (Wildman–Crippen MR) is 108 cm³/mol. The topological polar surface area (TPSA) is 85.4 Å². The number of ether oxygens (including phenoxy) is 1. The lowest BCUT2D eigenvalue weighted by molar-refractivity contribution is 0.0601. The molecule has 4 rings (SSSR count). The number of para-hydroxylation sites is 1.